The van der Waals surface area contributed by atoms with Gasteiger partial charge in [-0.3, -0.25) is 4.79 Å². The van der Waals surface area contributed by atoms with Gasteiger partial charge in [0.2, 0.25) is 10.0 Å². The molecule has 7 nitrogen and oxygen atoms in total. The van der Waals surface area contributed by atoms with Crippen LogP contribution in [0.4, 0.5) is 0 Å². The average Bonchev–Trinajstić information content (AvgIpc) is 3.24. The van der Waals surface area contributed by atoms with Gasteiger partial charge in [0.1, 0.15) is 5.75 Å². The number of para-hydroxylation sites is 1. The standard InChI is InChI=1S/C20H24N2O5S/c1-26-19-10-3-2-6-16(19)13-21-20(23)15-7-4-9-18(12-15)28(24,25)22-14-17-8-5-11-27-17/h2-4,6-7,9-10,12,17,22H,5,8,11,13-14H2,1H3,(H,21,23). The Labute approximate surface area is 165 Å². The number of nitrogens with one attached hydrogen (secondary N) is 2. The minimum absolute atomic E-state index is 0.0513. The Bertz CT molecular complexity index is 924. The van der Waals surface area contributed by atoms with E-state index in [1.54, 1.807) is 19.2 Å². The second kappa shape index (κ2) is 9.18. The summed E-state index contributed by atoms with van der Waals surface area (Å²) in [6.45, 7) is 1.16. The van der Waals surface area contributed by atoms with Gasteiger partial charge in [0.05, 0.1) is 18.1 Å². The van der Waals surface area contributed by atoms with Gasteiger partial charge >= 0.3 is 0 Å². The lowest BCUT2D eigenvalue weighted by molar-refractivity contribution is 0.0950. The summed E-state index contributed by atoms with van der Waals surface area (Å²) in [4.78, 5) is 12.5. The smallest absolute Gasteiger partial charge is 0.251 e. The predicted molar refractivity (Wildman–Crippen MR) is 105 cm³/mol. The molecule has 1 amide bonds. The zero-order valence-corrected chi connectivity index (χ0v) is 16.5. The van der Waals surface area contributed by atoms with E-state index in [-0.39, 0.29) is 35.6 Å². The van der Waals surface area contributed by atoms with Gasteiger partial charge in [-0.15, -0.1) is 0 Å². The zero-order chi connectivity index (χ0) is 20.0. The van der Waals surface area contributed by atoms with Crippen molar-refractivity contribution in [3.63, 3.8) is 0 Å². The van der Waals surface area contributed by atoms with Gasteiger partial charge in [-0.1, -0.05) is 24.3 Å². The first-order valence-electron chi connectivity index (χ1n) is 9.11. The molecule has 1 atom stereocenters. The number of hydrogen-bond donors (Lipinski definition) is 2. The first-order valence-corrected chi connectivity index (χ1v) is 10.6. The van der Waals surface area contributed by atoms with Gasteiger partial charge < -0.3 is 14.8 Å². The first-order chi connectivity index (χ1) is 13.5. The lowest BCUT2D eigenvalue weighted by Gasteiger charge is -2.12. The SMILES string of the molecule is COc1ccccc1CNC(=O)c1cccc(S(=O)(=O)NCC2CCCO2)c1. The average molecular weight is 404 g/mol. The van der Waals surface area contributed by atoms with Gasteiger partial charge in [0.15, 0.2) is 0 Å². The molecule has 1 fully saturated rings. The highest BCUT2D eigenvalue weighted by Gasteiger charge is 2.21. The Balaban J connectivity index is 1.65. The second-order valence-corrected chi connectivity index (χ2v) is 8.28. The predicted octanol–water partition coefficient (Wildman–Crippen LogP) is 2.08. The number of methoxy groups -OCH3 is 1. The van der Waals surface area contributed by atoms with Crippen molar-refractivity contribution in [1.29, 1.82) is 0 Å². The number of hydrogen-bond acceptors (Lipinski definition) is 5. The quantitative estimate of drug-likeness (QED) is 0.703. The zero-order valence-electron chi connectivity index (χ0n) is 15.7. The van der Waals surface area contributed by atoms with E-state index in [0.717, 1.165) is 18.4 Å². The van der Waals surface area contributed by atoms with Crippen LogP contribution in [-0.2, 0) is 21.3 Å². The maximum Gasteiger partial charge on any atom is 0.251 e. The van der Waals surface area contributed by atoms with E-state index in [1.807, 2.05) is 24.3 Å². The molecule has 1 unspecified atom stereocenters. The Kier molecular flexibility index (Phi) is 6.66. The van der Waals surface area contributed by atoms with Crippen molar-refractivity contribution in [2.75, 3.05) is 20.3 Å². The fraction of sp³-hybridized carbons (Fsp3) is 0.350. The number of carbonyl (C=O) groups excluding carboxylic acids is 1. The van der Waals surface area contributed by atoms with Crippen LogP contribution in [0.15, 0.2) is 53.4 Å². The minimum atomic E-state index is -3.71. The fourth-order valence-corrected chi connectivity index (χ4v) is 4.13. The van der Waals surface area contributed by atoms with E-state index < -0.39 is 10.0 Å². The summed E-state index contributed by atoms with van der Waals surface area (Å²) in [5.74, 6) is 0.319. The van der Waals surface area contributed by atoms with Crippen molar-refractivity contribution < 1.29 is 22.7 Å². The highest BCUT2D eigenvalue weighted by Crippen LogP contribution is 2.18. The number of amides is 1. The molecule has 0 saturated carbocycles. The lowest BCUT2D eigenvalue weighted by Crippen LogP contribution is -2.32. The Morgan fingerprint density at radius 1 is 1.21 bits per heavy atom. The summed E-state index contributed by atoms with van der Waals surface area (Å²) >= 11 is 0. The van der Waals surface area contributed by atoms with Crippen LogP contribution in [0.1, 0.15) is 28.8 Å². The summed E-state index contributed by atoms with van der Waals surface area (Å²) in [6.07, 6.45) is 1.68. The van der Waals surface area contributed by atoms with Gasteiger partial charge in [-0.05, 0) is 37.1 Å². The molecule has 0 aliphatic carbocycles. The molecule has 3 rings (SSSR count). The molecule has 1 heterocycles. The minimum Gasteiger partial charge on any atom is -0.496 e. The number of ether oxygens (including phenoxy) is 2. The van der Waals surface area contributed by atoms with E-state index in [1.165, 1.54) is 12.1 Å². The van der Waals surface area contributed by atoms with Crippen molar-refractivity contribution in [2.24, 2.45) is 0 Å². The highest BCUT2D eigenvalue weighted by atomic mass is 32.2. The van der Waals surface area contributed by atoms with Crippen molar-refractivity contribution in [2.45, 2.75) is 30.4 Å². The second-order valence-electron chi connectivity index (χ2n) is 6.51. The molecule has 2 aromatic carbocycles. The summed E-state index contributed by atoms with van der Waals surface area (Å²) in [7, 11) is -2.14. The molecule has 1 saturated heterocycles. The van der Waals surface area contributed by atoms with E-state index in [9.17, 15) is 13.2 Å². The van der Waals surface area contributed by atoms with Crippen LogP contribution >= 0.6 is 0 Å². The monoisotopic (exact) mass is 404 g/mol. The molecule has 2 aromatic rings. The van der Waals surface area contributed by atoms with E-state index in [2.05, 4.69) is 10.0 Å². The molecule has 0 aromatic heterocycles. The summed E-state index contributed by atoms with van der Waals surface area (Å²) in [5.41, 5.74) is 1.11. The van der Waals surface area contributed by atoms with Crippen molar-refractivity contribution in [1.82, 2.24) is 10.0 Å². The molecule has 150 valence electrons. The van der Waals surface area contributed by atoms with Gasteiger partial charge in [-0.2, -0.15) is 0 Å². The largest absolute Gasteiger partial charge is 0.496 e. The van der Waals surface area contributed by atoms with Crippen LogP contribution in [0, 0.1) is 0 Å². The van der Waals surface area contributed by atoms with E-state index >= 15 is 0 Å². The lowest BCUT2D eigenvalue weighted by atomic mass is 10.2. The van der Waals surface area contributed by atoms with Crippen LogP contribution in [0.5, 0.6) is 5.75 Å². The third-order valence-corrected chi connectivity index (χ3v) is 5.98. The van der Waals surface area contributed by atoms with Gasteiger partial charge in [-0.25, -0.2) is 13.1 Å². The summed E-state index contributed by atoms with van der Waals surface area (Å²) < 4.78 is 38.3. The van der Waals surface area contributed by atoms with E-state index in [0.29, 0.717) is 12.4 Å². The van der Waals surface area contributed by atoms with Crippen LogP contribution < -0.4 is 14.8 Å². The Morgan fingerprint density at radius 3 is 2.79 bits per heavy atom. The number of sulfonamides is 1. The first kappa shape index (κ1) is 20.3. The molecule has 2 N–H and O–H groups in total. The number of rotatable bonds is 8. The Hall–Kier alpha value is -2.42. The number of carbonyl (C=O) groups is 1. The van der Waals surface area contributed by atoms with Crippen LogP contribution in [0.3, 0.4) is 0 Å². The molecule has 0 radical (unpaired) electrons. The summed E-state index contributed by atoms with van der Waals surface area (Å²) in [6, 6.07) is 13.3. The van der Waals surface area contributed by atoms with Crippen molar-refractivity contribution >= 4 is 15.9 Å². The molecular weight excluding hydrogens is 380 g/mol. The van der Waals surface area contributed by atoms with E-state index in [4.69, 9.17) is 9.47 Å². The molecule has 1 aliphatic heterocycles. The highest BCUT2D eigenvalue weighted by molar-refractivity contribution is 7.89. The maximum atomic E-state index is 12.5. The third kappa shape index (κ3) is 5.09. The normalized spacial score (nSPS) is 16.7. The maximum absolute atomic E-state index is 12.5. The van der Waals surface area contributed by atoms with Crippen molar-refractivity contribution in [3.05, 3.63) is 59.7 Å². The van der Waals surface area contributed by atoms with Crippen LogP contribution in [0.2, 0.25) is 0 Å². The van der Waals surface area contributed by atoms with Crippen LogP contribution in [-0.4, -0.2) is 40.7 Å². The molecule has 0 spiro atoms. The molecular formula is C20H24N2O5S. The molecule has 28 heavy (non-hydrogen) atoms. The third-order valence-electron chi connectivity index (χ3n) is 4.56. The fourth-order valence-electron chi connectivity index (χ4n) is 3.02. The van der Waals surface area contributed by atoms with Crippen molar-refractivity contribution in [3.8, 4) is 5.75 Å². The van der Waals surface area contributed by atoms with Gasteiger partial charge in [0, 0.05) is 30.8 Å². The summed E-state index contributed by atoms with van der Waals surface area (Å²) in [5, 5.41) is 2.79. The molecule has 1 aliphatic rings. The molecule has 8 heteroatoms. The number of benzene rings is 2. The van der Waals surface area contributed by atoms with Crippen LogP contribution in [0.25, 0.3) is 0 Å². The Morgan fingerprint density at radius 2 is 2.04 bits per heavy atom. The van der Waals surface area contributed by atoms with Gasteiger partial charge in [0.25, 0.3) is 5.91 Å². The molecule has 0 bridgehead atoms. The topological polar surface area (TPSA) is 93.7 Å².